The third kappa shape index (κ3) is 3.72. The molecule has 2 aromatic rings. The molecule has 0 unspecified atom stereocenters. The highest BCUT2D eigenvalue weighted by Gasteiger charge is 2.44. The van der Waals surface area contributed by atoms with Crippen LogP contribution in [-0.4, -0.2) is 65.2 Å². The minimum Gasteiger partial charge on any atom is -0.395 e. The molecule has 1 aromatic heterocycles. The zero-order valence-electron chi connectivity index (χ0n) is 19.1. The molecule has 0 saturated carbocycles. The van der Waals surface area contributed by atoms with Gasteiger partial charge in [0, 0.05) is 25.7 Å². The number of nitrogens with zero attached hydrogens (tertiary/aromatic N) is 4. The first-order valence-electron chi connectivity index (χ1n) is 10.9. The van der Waals surface area contributed by atoms with Crippen LogP contribution in [0.4, 0.5) is 26.2 Å². The van der Waals surface area contributed by atoms with Gasteiger partial charge in [0.1, 0.15) is 11.7 Å². The molecule has 3 aliphatic rings. The second kappa shape index (κ2) is 7.67. The molecule has 0 bridgehead atoms. The van der Waals surface area contributed by atoms with Crippen molar-refractivity contribution in [2.24, 2.45) is 5.92 Å². The number of likely N-dealkylation sites (N-methyl/N-ethyl adjacent to an activating group) is 1. The van der Waals surface area contributed by atoms with Gasteiger partial charge in [0.25, 0.3) is 5.91 Å². The van der Waals surface area contributed by atoms with Gasteiger partial charge in [-0.05, 0) is 31.0 Å². The van der Waals surface area contributed by atoms with Crippen molar-refractivity contribution in [3.05, 3.63) is 29.5 Å². The van der Waals surface area contributed by atoms with E-state index in [2.05, 4.69) is 30.1 Å². The van der Waals surface area contributed by atoms with E-state index in [4.69, 9.17) is 0 Å². The van der Waals surface area contributed by atoms with E-state index in [1.54, 1.807) is 11.8 Å². The van der Waals surface area contributed by atoms with Gasteiger partial charge < -0.3 is 29.9 Å². The lowest BCUT2D eigenvalue weighted by Gasteiger charge is -2.40. The van der Waals surface area contributed by atoms with Gasteiger partial charge in [-0.15, -0.1) is 8.78 Å². The Kier molecular flexibility index (Phi) is 4.99. The van der Waals surface area contributed by atoms with Crippen LogP contribution in [0.1, 0.15) is 29.9 Å². The summed E-state index contributed by atoms with van der Waals surface area (Å²) in [6, 6.07) is 3.56. The van der Waals surface area contributed by atoms with E-state index >= 15 is 0 Å². The van der Waals surface area contributed by atoms with Crippen molar-refractivity contribution in [2.75, 3.05) is 35.7 Å². The smallest absolute Gasteiger partial charge is 0.395 e. The van der Waals surface area contributed by atoms with Crippen LogP contribution in [0.2, 0.25) is 0 Å². The summed E-state index contributed by atoms with van der Waals surface area (Å²) in [4.78, 5) is 37.7. The number of amides is 2. The van der Waals surface area contributed by atoms with E-state index in [0.29, 0.717) is 36.2 Å². The molecule has 10 nitrogen and oxygen atoms in total. The van der Waals surface area contributed by atoms with Gasteiger partial charge in [0.2, 0.25) is 11.9 Å². The lowest BCUT2D eigenvalue weighted by molar-refractivity contribution is -0.286. The Morgan fingerprint density at radius 2 is 1.94 bits per heavy atom. The molecule has 0 spiro atoms. The summed E-state index contributed by atoms with van der Waals surface area (Å²) in [5, 5.41) is 6.14. The number of likely N-dealkylation sites (tertiary alicyclic amines) is 1. The van der Waals surface area contributed by atoms with E-state index in [1.807, 2.05) is 25.8 Å². The van der Waals surface area contributed by atoms with Gasteiger partial charge in [0.15, 0.2) is 17.3 Å². The van der Waals surface area contributed by atoms with E-state index in [0.717, 1.165) is 0 Å². The molecule has 3 aliphatic heterocycles. The van der Waals surface area contributed by atoms with Crippen LogP contribution < -0.4 is 25.0 Å². The maximum absolute atomic E-state index is 13.2. The summed E-state index contributed by atoms with van der Waals surface area (Å²) < 4.78 is 35.2. The van der Waals surface area contributed by atoms with E-state index in [1.165, 1.54) is 18.2 Å². The molecular weight excluding hydrogens is 450 g/mol. The number of carbonyl (C=O) groups excluding carboxylic acids is 2. The molecule has 2 amide bonds. The lowest BCUT2D eigenvalue weighted by atomic mass is 9.99. The molecular formula is C22H24F2N6O4. The molecule has 180 valence electrons. The maximum atomic E-state index is 13.2. The van der Waals surface area contributed by atoms with Gasteiger partial charge in [-0.3, -0.25) is 9.59 Å². The van der Waals surface area contributed by atoms with Crippen LogP contribution in [0, 0.1) is 12.8 Å². The van der Waals surface area contributed by atoms with Crippen LogP contribution in [0.5, 0.6) is 11.5 Å². The molecule has 12 heteroatoms. The number of ether oxygens (including phenoxy) is 2. The first-order chi connectivity index (χ1) is 16.0. The average Bonchev–Trinajstić information content (AvgIpc) is 3.03. The first kappa shape index (κ1) is 22.1. The molecule has 1 atom stereocenters. The van der Waals surface area contributed by atoms with Crippen LogP contribution >= 0.6 is 0 Å². The molecule has 4 heterocycles. The van der Waals surface area contributed by atoms with Crippen molar-refractivity contribution in [1.29, 1.82) is 0 Å². The topological polar surface area (TPSA) is 109 Å². The van der Waals surface area contributed by atoms with Gasteiger partial charge in [-0.25, -0.2) is 4.98 Å². The minimum absolute atomic E-state index is 0.0795. The summed E-state index contributed by atoms with van der Waals surface area (Å²) in [6.07, 6.45) is -3.73. The number of nitrogens with one attached hydrogen (secondary N) is 2. The summed E-state index contributed by atoms with van der Waals surface area (Å²) in [5.41, 5.74) is 1.46. The van der Waals surface area contributed by atoms with E-state index in [9.17, 15) is 18.4 Å². The minimum atomic E-state index is -3.73. The number of anilines is 3. The number of alkyl halides is 2. The fourth-order valence-electron chi connectivity index (χ4n) is 4.46. The predicted molar refractivity (Wildman–Crippen MR) is 118 cm³/mol. The average molecular weight is 474 g/mol. The number of hydrogen-bond acceptors (Lipinski definition) is 8. The molecule has 0 radical (unpaired) electrons. The zero-order valence-corrected chi connectivity index (χ0v) is 19.1. The van der Waals surface area contributed by atoms with Gasteiger partial charge in [-0.1, -0.05) is 13.8 Å². The second-order valence-electron chi connectivity index (χ2n) is 9.00. The number of rotatable bonds is 4. The second-order valence-corrected chi connectivity index (χ2v) is 9.00. The van der Waals surface area contributed by atoms with Crippen molar-refractivity contribution < 1.29 is 27.8 Å². The standard InChI is InChI=1S/C22H24F2N6O4/c1-10(2)17-19(31)27-16-11(3)25-21(28-18(16)29(17)4)26-13-8-30(9-13)20(32)12-5-6-14-15(7-12)34-22(23,24)33-14/h5-7,10,13,17H,8-9H2,1-4H3,(H,27,31)(H,25,26,28)/t17-/m0/s1. The predicted octanol–water partition coefficient (Wildman–Crippen LogP) is 2.46. The number of aryl methyl sites for hydroxylation is 1. The maximum Gasteiger partial charge on any atom is 0.586 e. The Bertz CT molecular complexity index is 1180. The molecule has 1 aromatic carbocycles. The SMILES string of the molecule is Cc1nc(NC2CN(C(=O)c3ccc4c(c3)OC(F)(F)O4)C2)nc2c1NC(=O)[C@H](C(C)C)N2C. The van der Waals surface area contributed by atoms with Crippen molar-refractivity contribution in [3.63, 3.8) is 0 Å². The Morgan fingerprint density at radius 3 is 2.65 bits per heavy atom. The highest BCUT2D eigenvalue weighted by molar-refractivity contribution is 6.03. The fraction of sp³-hybridized carbons (Fsp3) is 0.455. The normalized spacial score (nSPS) is 20.7. The fourth-order valence-corrected chi connectivity index (χ4v) is 4.46. The van der Waals surface area contributed by atoms with Crippen molar-refractivity contribution in [1.82, 2.24) is 14.9 Å². The monoisotopic (exact) mass is 474 g/mol. The highest BCUT2D eigenvalue weighted by atomic mass is 19.3. The van der Waals surface area contributed by atoms with Crippen LogP contribution in [0.15, 0.2) is 18.2 Å². The molecule has 1 fully saturated rings. The third-order valence-corrected chi connectivity index (χ3v) is 6.12. The number of fused-ring (bicyclic) bond motifs is 2. The molecule has 5 rings (SSSR count). The van der Waals surface area contributed by atoms with Crippen molar-refractivity contribution >= 4 is 29.3 Å². The summed E-state index contributed by atoms with van der Waals surface area (Å²) in [7, 11) is 1.84. The summed E-state index contributed by atoms with van der Waals surface area (Å²) in [6.45, 7) is 6.54. The number of aromatic nitrogens is 2. The quantitative estimate of drug-likeness (QED) is 0.696. The summed E-state index contributed by atoms with van der Waals surface area (Å²) in [5.74, 6) is 0.480. The highest BCUT2D eigenvalue weighted by Crippen LogP contribution is 2.41. The lowest BCUT2D eigenvalue weighted by Crippen LogP contribution is -2.57. The van der Waals surface area contributed by atoms with E-state index in [-0.39, 0.29) is 46.9 Å². The third-order valence-electron chi connectivity index (χ3n) is 6.12. The zero-order chi connectivity index (χ0) is 24.4. The molecule has 34 heavy (non-hydrogen) atoms. The molecule has 2 N–H and O–H groups in total. The van der Waals surface area contributed by atoms with Crippen LogP contribution in [0.3, 0.4) is 0 Å². The van der Waals surface area contributed by atoms with Crippen LogP contribution in [-0.2, 0) is 4.79 Å². The Hall–Kier alpha value is -3.70. The first-order valence-corrected chi connectivity index (χ1v) is 10.9. The molecule has 0 aliphatic carbocycles. The largest absolute Gasteiger partial charge is 0.586 e. The van der Waals surface area contributed by atoms with E-state index < -0.39 is 6.29 Å². The van der Waals surface area contributed by atoms with Crippen molar-refractivity contribution in [3.8, 4) is 11.5 Å². The number of hydrogen-bond donors (Lipinski definition) is 2. The number of halogens is 2. The van der Waals surface area contributed by atoms with Gasteiger partial charge in [-0.2, -0.15) is 4.98 Å². The van der Waals surface area contributed by atoms with Gasteiger partial charge >= 0.3 is 6.29 Å². The Balaban J connectivity index is 1.25. The van der Waals surface area contributed by atoms with Crippen molar-refractivity contribution in [2.45, 2.75) is 39.1 Å². The summed E-state index contributed by atoms with van der Waals surface area (Å²) >= 11 is 0. The van der Waals surface area contributed by atoms with Crippen LogP contribution in [0.25, 0.3) is 0 Å². The van der Waals surface area contributed by atoms with Gasteiger partial charge in [0.05, 0.1) is 11.7 Å². The Labute approximate surface area is 194 Å². The number of benzene rings is 1. The number of carbonyl (C=O) groups is 2. The Morgan fingerprint density at radius 1 is 1.24 bits per heavy atom. The molecule has 1 saturated heterocycles.